The zero-order valence-electron chi connectivity index (χ0n) is 45.1. The van der Waals surface area contributed by atoms with Gasteiger partial charge < -0.3 is 35.6 Å². The third-order valence-electron chi connectivity index (χ3n) is 14.2. The molecule has 0 aliphatic carbocycles. The van der Waals surface area contributed by atoms with Gasteiger partial charge in [0.25, 0.3) is 11.8 Å². The third kappa shape index (κ3) is 18.3. The zero-order valence-corrected chi connectivity index (χ0v) is 45.1. The van der Waals surface area contributed by atoms with Crippen molar-refractivity contribution in [3.8, 4) is 0 Å². The minimum Gasteiger partial charge on any atom is -0.379 e. The maximum absolute atomic E-state index is 14.6. The number of nitrogens with one attached hydrogen (secondary N) is 4. The number of rotatable bonds is 31. The van der Waals surface area contributed by atoms with Crippen LogP contribution >= 0.6 is 0 Å². The van der Waals surface area contributed by atoms with Gasteiger partial charge in [0.05, 0.1) is 42.7 Å². The average molecular weight is 1020 g/mol. The Hall–Kier alpha value is -5.73. The first kappa shape index (κ1) is 61.6. The van der Waals surface area contributed by atoms with Gasteiger partial charge in [-0.3, -0.25) is 63.8 Å². The molecule has 20 nitrogen and oxygen atoms in total. The van der Waals surface area contributed by atoms with Crippen LogP contribution in [0.15, 0.2) is 42.5 Å². The summed E-state index contributed by atoms with van der Waals surface area (Å²) in [7, 11) is 6.48. The Balaban J connectivity index is 1.60. The number of primary amides is 1. The first-order chi connectivity index (χ1) is 34.6. The number of likely N-dealkylation sites (N-methyl/N-ethyl adjacent to an activating group) is 2. The molecule has 3 rings (SSSR count). The van der Waals surface area contributed by atoms with Crippen molar-refractivity contribution in [1.29, 1.82) is 0 Å². The van der Waals surface area contributed by atoms with E-state index in [-0.39, 0.29) is 85.4 Å². The highest BCUT2D eigenvalue weighted by atomic mass is 16.5. The predicted octanol–water partition coefficient (Wildman–Crippen LogP) is 2.63. The second-order valence-electron chi connectivity index (χ2n) is 20.3. The van der Waals surface area contributed by atoms with Gasteiger partial charge in [-0.1, -0.05) is 91.6 Å². The highest BCUT2D eigenvalue weighted by Gasteiger charge is 2.43. The van der Waals surface area contributed by atoms with E-state index in [4.69, 9.17) is 15.2 Å². The second-order valence-corrected chi connectivity index (χ2v) is 20.3. The lowest BCUT2D eigenvalue weighted by atomic mass is 9.89. The lowest BCUT2D eigenvalue weighted by Gasteiger charge is -2.41. The van der Waals surface area contributed by atoms with Crippen LogP contribution in [-0.4, -0.2) is 163 Å². The van der Waals surface area contributed by atoms with Gasteiger partial charge in [-0.15, -0.1) is 0 Å². The smallest absolute Gasteiger partial charge is 0.253 e. The van der Waals surface area contributed by atoms with Crippen LogP contribution in [0.3, 0.4) is 0 Å². The van der Waals surface area contributed by atoms with Crippen molar-refractivity contribution >= 4 is 53.2 Å². The molecule has 6 N–H and O–H groups in total. The Kier molecular flexibility index (Phi) is 25.7. The van der Waals surface area contributed by atoms with Crippen LogP contribution < -0.4 is 27.2 Å². The van der Waals surface area contributed by atoms with Gasteiger partial charge in [0.1, 0.15) is 12.1 Å². The number of carbonyl (C=O) groups is 9. The van der Waals surface area contributed by atoms with Crippen LogP contribution in [-0.2, 0) is 59.0 Å². The van der Waals surface area contributed by atoms with Crippen LogP contribution in [0.1, 0.15) is 118 Å². The normalized spacial score (nSPS) is 18.0. The van der Waals surface area contributed by atoms with Gasteiger partial charge >= 0.3 is 0 Å². The van der Waals surface area contributed by atoms with E-state index in [1.54, 1.807) is 30.8 Å². The molecular weight excluding hydrogens is 939 g/mol. The van der Waals surface area contributed by atoms with Crippen molar-refractivity contribution in [2.45, 2.75) is 162 Å². The Morgan fingerprint density at radius 2 is 1.41 bits per heavy atom. The molecule has 20 heteroatoms. The van der Waals surface area contributed by atoms with E-state index in [2.05, 4.69) is 21.5 Å². The molecule has 9 atom stereocenters. The van der Waals surface area contributed by atoms with Crippen molar-refractivity contribution in [2.75, 3.05) is 47.9 Å². The van der Waals surface area contributed by atoms with Crippen LogP contribution in [0.2, 0.25) is 0 Å². The Morgan fingerprint density at radius 3 is 1.96 bits per heavy atom. The molecule has 2 aliphatic heterocycles. The number of benzene rings is 1. The van der Waals surface area contributed by atoms with E-state index < -0.39 is 66.1 Å². The molecule has 0 aromatic heterocycles. The zero-order chi connectivity index (χ0) is 54.5. The summed E-state index contributed by atoms with van der Waals surface area (Å²) in [5.41, 5.74) is 11.4. The number of hydrogen-bond donors (Lipinski definition) is 5. The molecule has 9 amide bonds. The Morgan fingerprint density at radius 1 is 0.795 bits per heavy atom. The van der Waals surface area contributed by atoms with E-state index in [0.717, 1.165) is 10.5 Å². The van der Waals surface area contributed by atoms with Crippen LogP contribution in [0.5, 0.6) is 0 Å². The van der Waals surface area contributed by atoms with Gasteiger partial charge in [-0.2, -0.15) is 0 Å². The largest absolute Gasteiger partial charge is 0.379 e. The molecular formula is C53H85N9O11. The number of imide groups is 1. The molecule has 1 aromatic carbocycles. The standard InChI is InChI=1S/C53H85N9O11/c1-12-35(6)48(40(72-10)32-45(67)61-30-19-23-39(61)49(73-11)36(7)51(69)55-38(50(54)68)31-37-21-15-13-16-22-37)60(9)53(71)46(33(2)3)56-52(70)47(34(4)5)59(8)28-20-25-42(64)58-57-41(63)24-17-14-18-29-62-43(65)26-27-44(62)66/h13,15-16,21-22,26-27,33-36,38-40,46-49H,12,14,17-20,23-25,28-32H2,1-11H3,(H2,54,68)(H,55,69)(H,56,70)(H,57,63)(H,58,64)/t35-,36+,38-,39-,40+,46-,47-,48-,49+/m0/s1. The van der Waals surface area contributed by atoms with Gasteiger partial charge in [0.15, 0.2) is 0 Å². The molecule has 0 saturated carbocycles. The number of unbranched alkanes of at least 4 members (excludes halogenated alkanes) is 2. The van der Waals surface area contributed by atoms with E-state index in [1.165, 1.54) is 26.4 Å². The summed E-state index contributed by atoms with van der Waals surface area (Å²) >= 11 is 0. The monoisotopic (exact) mass is 1020 g/mol. The van der Waals surface area contributed by atoms with E-state index in [9.17, 15) is 43.2 Å². The molecule has 73 heavy (non-hydrogen) atoms. The molecule has 1 fully saturated rings. The summed E-state index contributed by atoms with van der Waals surface area (Å²) in [4.78, 5) is 124. The summed E-state index contributed by atoms with van der Waals surface area (Å²) in [5, 5.41) is 5.84. The Labute approximate surface area is 432 Å². The minimum absolute atomic E-state index is 0.0616. The number of amides is 9. The quantitative estimate of drug-likeness (QED) is 0.0409. The van der Waals surface area contributed by atoms with Crippen LogP contribution in [0, 0.1) is 23.7 Å². The maximum atomic E-state index is 14.6. The number of ether oxygens (including phenoxy) is 2. The molecule has 0 spiro atoms. The molecule has 2 heterocycles. The maximum Gasteiger partial charge on any atom is 0.253 e. The number of carbonyl (C=O) groups excluding carboxylic acids is 9. The summed E-state index contributed by atoms with van der Waals surface area (Å²) in [6.07, 6.45) is 5.46. The molecule has 0 bridgehead atoms. The topological polar surface area (TPSA) is 259 Å². The number of hydrogen-bond acceptors (Lipinski definition) is 12. The average Bonchev–Trinajstić information content (AvgIpc) is 3.97. The van der Waals surface area contributed by atoms with Crippen molar-refractivity contribution in [3.63, 3.8) is 0 Å². The lowest BCUT2D eigenvalue weighted by Crippen LogP contribution is -2.60. The predicted molar refractivity (Wildman–Crippen MR) is 275 cm³/mol. The fraction of sp³-hybridized carbons (Fsp3) is 0.679. The number of hydrazine groups is 1. The first-order valence-electron chi connectivity index (χ1n) is 25.9. The van der Waals surface area contributed by atoms with Crippen molar-refractivity contribution in [1.82, 2.24) is 41.1 Å². The van der Waals surface area contributed by atoms with E-state index in [0.29, 0.717) is 58.0 Å². The molecule has 2 aliphatic rings. The SMILES string of the molecule is CC[C@H](C)[C@@H]([C@@H](CC(=O)N1CCC[C@H]1[C@H](OC)[C@@H](C)C(=O)N[C@@H](Cc1ccccc1)C(N)=O)OC)N(C)C(=O)[C@@H](NC(=O)[C@H](C(C)C)N(C)CCCC(=O)NNC(=O)CCCCCN1C(=O)C=CC1=O)C(C)C. The van der Waals surface area contributed by atoms with Crippen LogP contribution in [0.25, 0.3) is 0 Å². The fourth-order valence-electron chi connectivity index (χ4n) is 9.94. The van der Waals surface area contributed by atoms with E-state index in [1.807, 2.05) is 76.8 Å². The third-order valence-corrected chi connectivity index (χ3v) is 14.2. The van der Waals surface area contributed by atoms with E-state index >= 15 is 0 Å². The van der Waals surface area contributed by atoms with Crippen molar-refractivity contribution in [3.05, 3.63) is 48.0 Å². The molecule has 1 aromatic rings. The second kappa shape index (κ2) is 30.5. The Bertz CT molecular complexity index is 2030. The number of methoxy groups -OCH3 is 2. The molecule has 0 unspecified atom stereocenters. The number of nitrogens with two attached hydrogens (primary N) is 1. The first-order valence-corrected chi connectivity index (χ1v) is 25.9. The summed E-state index contributed by atoms with van der Waals surface area (Å²) in [6.45, 7) is 14.3. The number of likely N-dealkylation sites (tertiary alicyclic amines) is 1. The highest BCUT2D eigenvalue weighted by molar-refractivity contribution is 6.12. The van der Waals surface area contributed by atoms with Gasteiger partial charge in [0.2, 0.25) is 41.4 Å². The van der Waals surface area contributed by atoms with Gasteiger partial charge in [0, 0.05) is 65.8 Å². The number of nitrogens with zero attached hydrogens (tertiary/aromatic N) is 4. The van der Waals surface area contributed by atoms with Crippen molar-refractivity contribution < 1.29 is 52.6 Å². The van der Waals surface area contributed by atoms with Gasteiger partial charge in [-0.25, -0.2) is 0 Å². The van der Waals surface area contributed by atoms with Crippen LogP contribution in [0.4, 0.5) is 0 Å². The fourth-order valence-corrected chi connectivity index (χ4v) is 9.94. The van der Waals surface area contributed by atoms with Crippen molar-refractivity contribution in [2.24, 2.45) is 29.4 Å². The molecule has 408 valence electrons. The summed E-state index contributed by atoms with van der Waals surface area (Å²) < 4.78 is 12.0. The summed E-state index contributed by atoms with van der Waals surface area (Å²) in [6, 6.07) is 5.73. The summed E-state index contributed by atoms with van der Waals surface area (Å²) in [5.74, 6) is -4.76. The molecule has 1 saturated heterocycles. The lowest BCUT2D eigenvalue weighted by molar-refractivity contribution is -0.148. The minimum atomic E-state index is -0.942. The highest BCUT2D eigenvalue weighted by Crippen LogP contribution is 2.30. The van der Waals surface area contributed by atoms with Gasteiger partial charge in [-0.05, 0) is 69.0 Å². The molecule has 0 radical (unpaired) electrons.